The Labute approximate surface area is 61.1 Å². The van der Waals surface area contributed by atoms with Gasteiger partial charge in [0.05, 0.1) is 0 Å². The van der Waals surface area contributed by atoms with Crippen molar-refractivity contribution >= 4 is 0 Å². The second kappa shape index (κ2) is 3.03. The molecule has 0 spiro atoms. The molecule has 0 saturated carbocycles. The summed E-state index contributed by atoms with van der Waals surface area (Å²) in [6, 6.07) is 3.76. The Kier molecular flexibility index (Phi) is 2.07. The van der Waals surface area contributed by atoms with Crippen LogP contribution in [-0.2, 0) is 6.42 Å². The average Bonchev–Trinajstić information content (AvgIpc) is 2.05. The quantitative estimate of drug-likeness (QED) is 0.528. The van der Waals surface area contributed by atoms with Gasteiger partial charge in [-0.25, -0.2) is 0 Å². The molecular formula is C9H9N. The molecule has 0 fully saturated rings. The van der Waals surface area contributed by atoms with Crippen LogP contribution < -0.4 is 0 Å². The fourth-order valence-electron chi connectivity index (χ4n) is 0.761. The molecule has 1 heterocycles. The minimum absolute atomic E-state index is 0.909. The number of aryl methyl sites for hydroxylation is 1. The molecule has 0 aromatic carbocycles. The van der Waals surface area contributed by atoms with Gasteiger partial charge in [0.2, 0.25) is 0 Å². The van der Waals surface area contributed by atoms with E-state index < -0.39 is 0 Å². The summed E-state index contributed by atoms with van der Waals surface area (Å²) in [6.45, 7) is 2.06. The summed E-state index contributed by atoms with van der Waals surface area (Å²) >= 11 is 0. The van der Waals surface area contributed by atoms with E-state index in [9.17, 15) is 0 Å². The van der Waals surface area contributed by atoms with Crippen molar-refractivity contribution in [3.8, 4) is 12.3 Å². The van der Waals surface area contributed by atoms with E-state index in [1.54, 1.807) is 6.20 Å². The zero-order valence-electron chi connectivity index (χ0n) is 5.96. The van der Waals surface area contributed by atoms with Gasteiger partial charge >= 0.3 is 0 Å². The van der Waals surface area contributed by atoms with Crippen molar-refractivity contribution in [3.63, 3.8) is 0 Å². The van der Waals surface area contributed by atoms with Crippen LogP contribution in [0.3, 0.4) is 0 Å². The van der Waals surface area contributed by atoms with Gasteiger partial charge in [0.15, 0.2) is 0 Å². The zero-order valence-corrected chi connectivity index (χ0v) is 5.96. The lowest BCUT2D eigenvalue weighted by Crippen LogP contribution is -1.85. The van der Waals surface area contributed by atoms with Crippen LogP contribution >= 0.6 is 0 Å². The predicted molar refractivity (Wildman–Crippen MR) is 41.6 cm³/mol. The third-order valence-corrected chi connectivity index (χ3v) is 1.35. The minimum Gasteiger partial charge on any atom is -0.261 e. The summed E-state index contributed by atoms with van der Waals surface area (Å²) < 4.78 is 0. The van der Waals surface area contributed by atoms with Crippen LogP contribution in [0.1, 0.15) is 18.2 Å². The minimum atomic E-state index is 0.909. The van der Waals surface area contributed by atoms with Gasteiger partial charge in [-0.3, -0.25) is 4.98 Å². The average molecular weight is 131 g/mol. The van der Waals surface area contributed by atoms with Gasteiger partial charge in [-0.2, -0.15) is 0 Å². The van der Waals surface area contributed by atoms with Gasteiger partial charge in [-0.15, -0.1) is 6.42 Å². The first-order valence-electron chi connectivity index (χ1n) is 3.28. The molecule has 0 atom stereocenters. The maximum atomic E-state index is 5.20. The molecule has 0 saturated heterocycles. The molecule has 1 heteroatoms. The maximum Gasteiger partial charge on any atom is 0.0413 e. The summed E-state index contributed by atoms with van der Waals surface area (Å²) in [6.07, 6.45) is 7.88. The molecule has 0 unspecified atom stereocenters. The van der Waals surface area contributed by atoms with Crippen LogP contribution in [0.25, 0.3) is 0 Å². The molecule has 0 aliphatic rings. The van der Waals surface area contributed by atoms with Crippen LogP contribution in [0.5, 0.6) is 0 Å². The SMILES string of the molecule is C#Cc1ccnc(CC)c1. The van der Waals surface area contributed by atoms with Crippen molar-refractivity contribution < 1.29 is 0 Å². The first kappa shape index (κ1) is 6.82. The topological polar surface area (TPSA) is 12.9 Å². The Hall–Kier alpha value is -1.29. The second-order valence-corrected chi connectivity index (χ2v) is 2.03. The Morgan fingerprint density at radius 3 is 3.10 bits per heavy atom. The Morgan fingerprint density at radius 1 is 1.70 bits per heavy atom. The van der Waals surface area contributed by atoms with Crippen molar-refractivity contribution in [2.75, 3.05) is 0 Å². The molecule has 10 heavy (non-hydrogen) atoms. The van der Waals surface area contributed by atoms with Crippen molar-refractivity contribution in [3.05, 3.63) is 29.6 Å². The van der Waals surface area contributed by atoms with Gasteiger partial charge < -0.3 is 0 Å². The molecule has 50 valence electrons. The van der Waals surface area contributed by atoms with Crippen LogP contribution in [0, 0.1) is 12.3 Å². The molecule has 1 nitrogen and oxygen atoms in total. The molecular weight excluding hydrogens is 122 g/mol. The fraction of sp³-hybridized carbons (Fsp3) is 0.222. The summed E-state index contributed by atoms with van der Waals surface area (Å²) in [5, 5.41) is 0. The number of rotatable bonds is 1. The van der Waals surface area contributed by atoms with E-state index >= 15 is 0 Å². The van der Waals surface area contributed by atoms with E-state index in [-0.39, 0.29) is 0 Å². The molecule has 0 radical (unpaired) electrons. The predicted octanol–water partition coefficient (Wildman–Crippen LogP) is 1.63. The Morgan fingerprint density at radius 2 is 2.50 bits per heavy atom. The summed E-state index contributed by atoms with van der Waals surface area (Å²) in [5.74, 6) is 2.56. The monoisotopic (exact) mass is 131 g/mol. The number of nitrogens with zero attached hydrogens (tertiary/aromatic N) is 1. The van der Waals surface area contributed by atoms with Gasteiger partial charge in [0.1, 0.15) is 0 Å². The van der Waals surface area contributed by atoms with Gasteiger partial charge in [0, 0.05) is 17.5 Å². The van der Waals surface area contributed by atoms with Crippen molar-refractivity contribution in [2.45, 2.75) is 13.3 Å². The molecule has 1 aromatic heterocycles. The highest BCUT2D eigenvalue weighted by molar-refractivity contribution is 5.31. The highest BCUT2D eigenvalue weighted by Crippen LogP contribution is 1.99. The molecule has 0 N–H and O–H groups in total. The van der Waals surface area contributed by atoms with Crippen LogP contribution in [0.2, 0.25) is 0 Å². The Balaban J connectivity index is 3.01. The van der Waals surface area contributed by atoms with Gasteiger partial charge in [-0.1, -0.05) is 12.8 Å². The third-order valence-electron chi connectivity index (χ3n) is 1.35. The highest BCUT2D eigenvalue weighted by Gasteiger charge is 1.89. The van der Waals surface area contributed by atoms with Crippen molar-refractivity contribution in [1.82, 2.24) is 4.98 Å². The first-order chi connectivity index (χ1) is 4.86. The number of hydrogen-bond donors (Lipinski definition) is 0. The van der Waals surface area contributed by atoms with Crippen LogP contribution in [0.15, 0.2) is 18.3 Å². The number of terminal acetylenes is 1. The van der Waals surface area contributed by atoms with E-state index in [0.29, 0.717) is 0 Å². The fourth-order valence-corrected chi connectivity index (χ4v) is 0.761. The molecule has 1 aromatic rings. The normalized spacial score (nSPS) is 8.80. The molecule has 1 rings (SSSR count). The summed E-state index contributed by atoms with van der Waals surface area (Å²) in [7, 11) is 0. The van der Waals surface area contributed by atoms with E-state index in [4.69, 9.17) is 6.42 Å². The van der Waals surface area contributed by atoms with E-state index in [1.807, 2.05) is 12.1 Å². The lowest BCUT2D eigenvalue weighted by molar-refractivity contribution is 1.03. The Bertz CT molecular complexity index is 258. The lowest BCUT2D eigenvalue weighted by Gasteiger charge is -1.93. The second-order valence-electron chi connectivity index (χ2n) is 2.03. The standard InChI is InChI=1S/C9H9N/c1-3-8-5-6-10-9(4-2)7-8/h1,5-7H,4H2,2H3. The van der Waals surface area contributed by atoms with E-state index in [1.165, 1.54) is 0 Å². The smallest absolute Gasteiger partial charge is 0.0413 e. The van der Waals surface area contributed by atoms with E-state index in [0.717, 1.165) is 17.7 Å². The van der Waals surface area contributed by atoms with Gasteiger partial charge in [-0.05, 0) is 18.6 Å². The van der Waals surface area contributed by atoms with Crippen LogP contribution in [0.4, 0.5) is 0 Å². The van der Waals surface area contributed by atoms with Crippen molar-refractivity contribution in [2.24, 2.45) is 0 Å². The number of aromatic nitrogens is 1. The molecule has 0 amide bonds. The highest BCUT2D eigenvalue weighted by atomic mass is 14.7. The molecule has 0 bridgehead atoms. The molecule has 0 aliphatic carbocycles. The van der Waals surface area contributed by atoms with E-state index in [2.05, 4.69) is 17.8 Å². The zero-order chi connectivity index (χ0) is 7.40. The maximum absolute atomic E-state index is 5.20. The van der Waals surface area contributed by atoms with Gasteiger partial charge in [0.25, 0.3) is 0 Å². The first-order valence-corrected chi connectivity index (χ1v) is 3.28. The summed E-state index contributed by atoms with van der Waals surface area (Å²) in [5.41, 5.74) is 1.96. The summed E-state index contributed by atoms with van der Waals surface area (Å²) in [4.78, 5) is 4.11. The lowest BCUT2D eigenvalue weighted by atomic mass is 10.2. The number of hydrogen-bond acceptors (Lipinski definition) is 1. The van der Waals surface area contributed by atoms with Crippen molar-refractivity contribution in [1.29, 1.82) is 0 Å². The third kappa shape index (κ3) is 1.35. The largest absolute Gasteiger partial charge is 0.261 e. The molecule has 0 aliphatic heterocycles. The van der Waals surface area contributed by atoms with Crippen LogP contribution in [-0.4, -0.2) is 4.98 Å². The number of pyridine rings is 1.